The average Bonchev–Trinajstić information content (AvgIpc) is 2.72. The van der Waals surface area contributed by atoms with Crippen molar-refractivity contribution in [3.8, 4) is 0 Å². The van der Waals surface area contributed by atoms with Gasteiger partial charge in [0.25, 0.3) is 0 Å². The zero-order chi connectivity index (χ0) is 20.6. The molecular formula is C23H26N2O3S. The van der Waals surface area contributed by atoms with Crippen LogP contribution >= 0.6 is 0 Å². The van der Waals surface area contributed by atoms with Crippen molar-refractivity contribution >= 4 is 26.4 Å². The average molecular weight is 411 g/mol. The van der Waals surface area contributed by atoms with E-state index in [1.54, 1.807) is 12.1 Å². The van der Waals surface area contributed by atoms with Crippen molar-refractivity contribution in [3.63, 3.8) is 0 Å². The van der Waals surface area contributed by atoms with Crippen molar-refractivity contribution in [1.82, 2.24) is 4.98 Å². The molecule has 0 bridgehead atoms. The third-order valence-corrected chi connectivity index (χ3v) is 7.38. The van der Waals surface area contributed by atoms with Gasteiger partial charge in [-0.3, -0.25) is 4.98 Å². The lowest BCUT2D eigenvalue weighted by Gasteiger charge is -2.34. The number of fused-ring (bicyclic) bond motifs is 1. The van der Waals surface area contributed by atoms with Crippen molar-refractivity contribution in [2.75, 3.05) is 18.0 Å². The summed E-state index contributed by atoms with van der Waals surface area (Å²) in [6, 6.07) is 12.9. The van der Waals surface area contributed by atoms with E-state index >= 15 is 0 Å². The van der Waals surface area contributed by atoms with Crippen LogP contribution in [-0.2, 0) is 16.3 Å². The first-order valence-corrected chi connectivity index (χ1v) is 11.5. The lowest BCUT2D eigenvalue weighted by atomic mass is 10.0. The number of anilines is 1. The van der Waals surface area contributed by atoms with Crippen molar-refractivity contribution in [2.45, 2.75) is 49.0 Å². The number of aliphatic hydroxyl groups excluding tert-OH is 1. The molecule has 1 saturated heterocycles. The molecule has 2 heterocycles. The zero-order valence-corrected chi connectivity index (χ0v) is 17.6. The van der Waals surface area contributed by atoms with Gasteiger partial charge in [-0.2, -0.15) is 0 Å². The number of hydrogen-bond acceptors (Lipinski definition) is 5. The maximum Gasteiger partial charge on any atom is 0.210 e. The van der Waals surface area contributed by atoms with Crippen molar-refractivity contribution < 1.29 is 13.5 Å². The largest absolute Gasteiger partial charge is 0.391 e. The molecule has 4 rings (SSSR count). The van der Waals surface area contributed by atoms with Crippen molar-refractivity contribution in [2.24, 2.45) is 0 Å². The van der Waals surface area contributed by atoms with E-state index in [0.29, 0.717) is 18.8 Å². The molecular weight excluding hydrogens is 384 g/mol. The Labute approximate surface area is 171 Å². The Bertz CT molecular complexity index is 1140. The first-order chi connectivity index (χ1) is 13.9. The van der Waals surface area contributed by atoms with Crippen LogP contribution in [0, 0.1) is 6.92 Å². The van der Waals surface area contributed by atoms with Gasteiger partial charge in [0.2, 0.25) is 9.84 Å². The summed E-state index contributed by atoms with van der Waals surface area (Å²) in [7, 11) is -3.75. The van der Waals surface area contributed by atoms with E-state index in [2.05, 4.69) is 4.98 Å². The molecule has 29 heavy (non-hydrogen) atoms. The Morgan fingerprint density at radius 3 is 2.62 bits per heavy atom. The maximum atomic E-state index is 13.6. The summed E-state index contributed by atoms with van der Waals surface area (Å²) in [5.41, 5.74) is 3.54. The van der Waals surface area contributed by atoms with Gasteiger partial charge in [-0.25, -0.2) is 8.42 Å². The van der Waals surface area contributed by atoms with Crippen LogP contribution in [0.15, 0.2) is 58.5 Å². The topological polar surface area (TPSA) is 70.5 Å². The number of nitrogens with zero attached hydrogens (tertiary/aromatic N) is 2. The SMILES string of the molecule is CCc1ccc(S(=O)(=O)c2cnc3ccc(C)cc3c2N2CCCC(O)C2)cc1. The highest BCUT2D eigenvalue weighted by Gasteiger charge is 2.29. The highest BCUT2D eigenvalue weighted by atomic mass is 32.2. The number of aryl methyl sites for hydroxylation is 2. The van der Waals surface area contributed by atoms with Gasteiger partial charge >= 0.3 is 0 Å². The number of piperidine rings is 1. The minimum absolute atomic E-state index is 0.203. The number of pyridine rings is 1. The minimum atomic E-state index is -3.75. The molecule has 0 amide bonds. The molecule has 1 atom stereocenters. The molecule has 1 fully saturated rings. The second-order valence-corrected chi connectivity index (χ2v) is 9.65. The Morgan fingerprint density at radius 1 is 1.17 bits per heavy atom. The van der Waals surface area contributed by atoms with Crippen LogP contribution in [-0.4, -0.2) is 37.7 Å². The first kappa shape index (κ1) is 19.9. The van der Waals surface area contributed by atoms with Gasteiger partial charge in [0.15, 0.2) is 0 Å². The van der Waals surface area contributed by atoms with E-state index in [0.717, 1.165) is 41.3 Å². The normalized spacial score (nSPS) is 17.6. The lowest BCUT2D eigenvalue weighted by molar-refractivity contribution is 0.154. The van der Waals surface area contributed by atoms with Gasteiger partial charge in [-0.05, 0) is 56.0 Å². The Morgan fingerprint density at radius 2 is 1.93 bits per heavy atom. The van der Waals surface area contributed by atoms with Crippen LogP contribution in [0.5, 0.6) is 0 Å². The summed E-state index contributed by atoms with van der Waals surface area (Å²) in [5, 5.41) is 11.0. The number of benzene rings is 2. The number of hydrogen-bond donors (Lipinski definition) is 1. The first-order valence-electron chi connectivity index (χ1n) is 10.1. The Hall–Kier alpha value is -2.44. The third-order valence-electron chi connectivity index (χ3n) is 5.61. The van der Waals surface area contributed by atoms with Crippen LogP contribution in [0.2, 0.25) is 0 Å². The van der Waals surface area contributed by atoms with Crippen LogP contribution < -0.4 is 4.90 Å². The molecule has 1 aliphatic heterocycles. The Balaban J connectivity index is 1.94. The van der Waals surface area contributed by atoms with Crippen molar-refractivity contribution in [3.05, 3.63) is 59.8 Å². The molecule has 0 saturated carbocycles. The summed E-state index contributed by atoms with van der Waals surface area (Å²) >= 11 is 0. The van der Waals surface area contributed by atoms with Gasteiger partial charge in [-0.15, -0.1) is 0 Å². The fourth-order valence-corrected chi connectivity index (χ4v) is 5.42. The smallest absolute Gasteiger partial charge is 0.210 e. The molecule has 1 aromatic heterocycles. The highest BCUT2D eigenvalue weighted by molar-refractivity contribution is 7.91. The molecule has 0 radical (unpaired) electrons. The number of aromatic nitrogens is 1. The van der Waals surface area contributed by atoms with Gasteiger partial charge in [0.1, 0.15) is 4.90 Å². The highest BCUT2D eigenvalue weighted by Crippen LogP contribution is 2.37. The molecule has 5 nitrogen and oxygen atoms in total. The minimum Gasteiger partial charge on any atom is -0.391 e. The number of rotatable bonds is 4. The summed E-state index contributed by atoms with van der Waals surface area (Å²) in [6.07, 6.45) is 3.42. The molecule has 0 spiro atoms. The van der Waals surface area contributed by atoms with Gasteiger partial charge in [0, 0.05) is 24.7 Å². The van der Waals surface area contributed by atoms with E-state index in [4.69, 9.17) is 0 Å². The predicted molar refractivity (Wildman–Crippen MR) is 115 cm³/mol. The summed E-state index contributed by atoms with van der Waals surface area (Å²) in [5.74, 6) is 0. The number of sulfone groups is 1. The quantitative estimate of drug-likeness (QED) is 0.706. The molecule has 3 aromatic rings. The molecule has 1 N–H and O–H groups in total. The van der Waals surface area contributed by atoms with E-state index in [1.165, 1.54) is 6.20 Å². The van der Waals surface area contributed by atoms with Gasteiger partial charge < -0.3 is 10.0 Å². The van der Waals surface area contributed by atoms with Crippen LogP contribution in [0.4, 0.5) is 5.69 Å². The van der Waals surface area contributed by atoms with Crippen LogP contribution in [0.3, 0.4) is 0 Å². The molecule has 0 aliphatic carbocycles. The molecule has 2 aromatic carbocycles. The molecule has 6 heteroatoms. The van der Waals surface area contributed by atoms with E-state index in [1.807, 2.05) is 49.1 Å². The predicted octanol–water partition coefficient (Wildman–Crippen LogP) is 3.90. The molecule has 152 valence electrons. The number of aliphatic hydroxyl groups is 1. The van der Waals surface area contributed by atoms with Gasteiger partial charge in [0.05, 0.1) is 22.2 Å². The number of β-amino-alcohol motifs (C(OH)–C–C–N with tert-alkyl or cyclic N) is 1. The fraction of sp³-hybridized carbons (Fsp3) is 0.348. The van der Waals surface area contributed by atoms with Crippen molar-refractivity contribution in [1.29, 1.82) is 0 Å². The summed E-state index contributed by atoms with van der Waals surface area (Å²) in [6.45, 7) is 5.16. The summed E-state index contributed by atoms with van der Waals surface area (Å²) < 4.78 is 27.2. The fourth-order valence-electron chi connectivity index (χ4n) is 3.99. The van der Waals surface area contributed by atoms with Crippen LogP contribution in [0.25, 0.3) is 10.9 Å². The molecule has 1 aliphatic rings. The second kappa shape index (κ2) is 7.76. The van der Waals surface area contributed by atoms with E-state index in [-0.39, 0.29) is 9.79 Å². The third kappa shape index (κ3) is 3.74. The second-order valence-electron chi connectivity index (χ2n) is 7.73. The van der Waals surface area contributed by atoms with Crippen LogP contribution in [0.1, 0.15) is 30.9 Å². The zero-order valence-electron chi connectivity index (χ0n) is 16.8. The monoisotopic (exact) mass is 410 g/mol. The summed E-state index contributed by atoms with van der Waals surface area (Å²) in [4.78, 5) is 6.93. The van der Waals surface area contributed by atoms with E-state index < -0.39 is 15.9 Å². The Kier molecular flexibility index (Phi) is 5.32. The van der Waals surface area contributed by atoms with Gasteiger partial charge in [-0.1, -0.05) is 30.7 Å². The maximum absolute atomic E-state index is 13.6. The lowest BCUT2D eigenvalue weighted by Crippen LogP contribution is -2.39. The molecule has 1 unspecified atom stereocenters. The standard InChI is InChI=1S/C23H26N2O3S/c1-3-17-7-9-19(10-8-17)29(27,28)22-14-24-21-11-6-16(2)13-20(21)23(22)25-12-4-5-18(26)15-25/h6-11,13-14,18,26H,3-5,12,15H2,1-2H3. The van der Waals surface area contributed by atoms with E-state index in [9.17, 15) is 13.5 Å².